The predicted octanol–water partition coefficient (Wildman–Crippen LogP) is 7.57. The molecule has 6 nitrogen and oxygen atoms in total. The van der Waals surface area contributed by atoms with Crippen LogP contribution >= 0.6 is 46.6 Å². The van der Waals surface area contributed by atoms with Gasteiger partial charge < -0.3 is 19.9 Å². The number of rotatable bonds is 9. The van der Waals surface area contributed by atoms with Crippen molar-refractivity contribution in [1.29, 1.82) is 0 Å². The molecule has 218 valence electrons. The molecule has 5 rings (SSSR count). The molecule has 1 aliphatic heterocycles. The summed E-state index contributed by atoms with van der Waals surface area (Å²) >= 11 is 18.7. The van der Waals surface area contributed by atoms with Crippen molar-refractivity contribution < 1.29 is 19.4 Å². The number of aromatic nitrogens is 1. The van der Waals surface area contributed by atoms with Crippen LogP contribution in [0.5, 0.6) is 0 Å². The van der Waals surface area contributed by atoms with Gasteiger partial charge in [-0.25, -0.2) is 4.98 Å². The van der Waals surface area contributed by atoms with E-state index in [2.05, 4.69) is 16.4 Å². The second-order valence-corrected chi connectivity index (χ2v) is 13.2. The molecular formula is C32H29Cl3N2O4S. The molecule has 1 fully saturated rings. The van der Waals surface area contributed by atoms with Crippen LogP contribution in [0.2, 0.25) is 0 Å². The van der Waals surface area contributed by atoms with Crippen molar-refractivity contribution in [3.63, 3.8) is 0 Å². The normalized spacial score (nSPS) is 18.9. The van der Waals surface area contributed by atoms with Crippen molar-refractivity contribution in [3.8, 4) is 11.1 Å². The minimum atomic E-state index is -2.02. The number of carbonyl (C=O) groups is 1. The fraction of sp³-hybridized carbons (Fsp3) is 0.250. The lowest BCUT2D eigenvalue weighted by atomic mass is 9.99. The molecule has 3 atom stereocenters. The van der Waals surface area contributed by atoms with Gasteiger partial charge in [-0.2, -0.15) is 0 Å². The van der Waals surface area contributed by atoms with Gasteiger partial charge in [0, 0.05) is 30.5 Å². The summed E-state index contributed by atoms with van der Waals surface area (Å²) in [7, 11) is 0. The number of carbonyl (C=O) groups excluding carboxylic acids is 1. The van der Waals surface area contributed by atoms with Crippen molar-refractivity contribution >= 4 is 52.5 Å². The summed E-state index contributed by atoms with van der Waals surface area (Å²) in [4.78, 5) is 16.4. The first-order valence-electron chi connectivity index (χ1n) is 13.4. The van der Waals surface area contributed by atoms with Crippen molar-refractivity contribution in [2.24, 2.45) is 0 Å². The minimum absolute atomic E-state index is 0.00581. The topological polar surface area (TPSA) is 80.7 Å². The van der Waals surface area contributed by atoms with E-state index in [1.54, 1.807) is 18.0 Å². The number of aliphatic hydroxyl groups is 1. The predicted molar refractivity (Wildman–Crippen MR) is 167 cm³/mol. The van der Waals surface area contributed by atoms with Gasteiger partial charge in [0.1, 0.15) is 0 Å². The first-order valence-corrected chi connectivity index (χ1v) is 15.5. The second-order valence-electron chi connectivity index (χ2n) is 9.84. The molecule has 42 heavy (non-hydrogen) atoms. The molecule has 1 amide bonds. The van der Waals surface area contributed by atoms with Gasteiger partial charge in [0.05, 0.1) is 23.8 Å². The van der Waals surface area contributed by atoms with Gasteiger partial charge >= 0.3 is 0 Å². The summed E-state index contributed by atoms with van der Waals surface area (Å²) in [5.74, 6) is 0.0480. The first kappa shape index (κ1) is 30.8. The molecule has 0 aliphatic carbocycles. The highest BCUT2D eigenvalue weighted by molar-refractivity contribution is 7.99. The monoisotopic (exact) mass is 642 g/mol. The molecule has 2 N–H and O–H groups in total. The largest absolute Gasteiger partial charge is 0.392 e. The number of nitrogens with one attached hydrogen (secondary N) is 1. The third-order valence-corrected chi connectivity index (χ3v) is 8.39. The summed E-state index contributed by atoms with van der Waals surface area (Å²) in [6.07, 6.45) is 1.64. The molecule has 0 bridgehead atoms. The molecule has 4 aromatic rings. The quantitative estimate of drug-likeness (QED) is 0.145. The average Bonchev–Trinajstić information content (AvgIpc) is 3.03. The molecule has 0 spiro atoms. The Morgan fingerprint density at radius 1 is 0.905 bits per heavy atom. The molecule has 10 heteroatoms. The van der Waals surface area contributed by atoms with Crippen molar-refractivity contribution in [1.82, 2.24) is 10.3 Å². The highest BCUT2D eigenvalue weighted by Crippen LogP contribution is 2.40. The number of thioether (sulfide) groups is 1. The van der Waals surface area contributed by atoms with E-state index < -0.39 is 16.0 Å². The Morgan fingerprint density at radius 3 is 2.38 bits per heavy atom. The van der Waals surface area contributed by atoms with Crippen LogP contribution in [0, 0.1) is 0 Å². The van der Waals surface area contributed by atoms with Gasteiger partial charge in [-0.05, 0) is 52.1 Å². The number of benzene rings is 3. The Labute approximate surface area is 264 Å². The molecule has 1 saturated heterocycles. The standard InChI is InChI=1S/C32H29Cl3N2O4S/c33-32(34,35)31(39)37-18-22-5-3-6-24(15-22)25-7-4-8-26(16-25)30-40-27(20-42-29-9-1-2-14-36-29)17-28(41-30)23-12-10-21(19-38)11-13-23/h1-16,27-28,30,38H,17-20H2,(H,37,39)/t27-,28+,30+/m0/s1. The molecule has 0 radical (unpaired) electrons. The van der Waals surface area contributed by atoms with Gasteiger partial charge in [0.15, 0.2) is 6.29 Å². The fourth-order valence-corrected chi connectivity index (χ4v) is 5.72. The maximum atomic E-state index is 12.0. The van der Waals surface area contributed by atoms with E-state index in [0.29, 0.717) is 6.42 Å². The second kappa shape index (κ2) is 14.2. The third kappa shape index (κ3) is 8.26. The lowest BCUT2D eigenvalue weighted by Crippen LogP contribution is -2.33. The fourth-order valence-electron chi connectivity index (χ4n) is 4.64. The minimum Gasteiger partial charge on any atom is -0.392 e. The van der Waals surface area contributed by atoms with Crippen LogP contribution in [0.3, 0.4) is 0 Å². The van der Waals surface area contributed by atoms with Crippen LogP contribution in [-0.2, 0) is 27.4 Å². The average molecular weight is 644 g/mol. The number of hydrogen-bond acceptors (Lipinski definition) is 6. The van der Waals surface area contributed by atoms with E-state index in [0.717, 1.165) is 44.2 Å². The van der Waals surface area contributed by atoms with Crippen LogP contribution in [0.15, 0.2) is 102 Å². The molecule has 1 aromatic heterocycles. The first-order chi connectivity index (χ1) is 20.3. The number of ether oxygens (including phenoxy) is 2. The summed E-state index contributed by atoms with van der Waals surface area (Å²) < 4.78 is 11.0. The zero-order valence-corrected chi connectivity index (χ0v) is 25.5. The van der Waals surface area contributed by atoms with E-state index in [1.807, 2.05) is 84.9 Å². The number of nitrogens with zero attached hydrogens (tertiary/aromatic N) is 1. The summed E-state index contributed by atoms with van der Waals surface area (Å²) in [5.41, 5.74) is 5.59. The van der Waals surface area contributed by atoms with Gasteiger partial charge in [-0.1, -0.05) is 102 Å². The van der Waals surface area contributed by atoms with Crippen molar-refractivity contribution in [2.75, 3.05) is 5.75 Å². The number of aliphatic hydroxyl groups excluding tert-OH is 1. The molecule has 0 unspecified atom stereocenters. The molecule has 2 heterocycles. The number of pyridine rings is 1. The lowest BCUT2D eigenvalue weighted by molar-refractivity contribution is -0.245. The van der Waals surface area contributed by atoms with E-state index in [-0.39, 0.29) is 25.4 Å². The molecule has 0 saturated carbocycles. The van der Waals surface area contributed by atoms with Crippen LogP contribution in [0.4, 0.5) is 0 Å². The van der Waals surface area contributed by atoms with E-state index in [9.17, 15) is 9.90 Å². The maximum absolute atomic E-state index is 12.0. The van der Waals surface area contributed by atoms with Gasteiger partial charge in [0.2, 0.25) is 0 Å². The zero-order chi connectivity index (χ0) is 29.5. The van der Waals surface area contributed by atoms with Gasteiger partial charge in [0.25, 0.3) is 9.70 Å². The summed E-state index contributed by atoms with van der Waals surface area (Å²) in [6, 6.07) is 29.6. The molecule has 3 aromatic carbocycles. The zero-order valence-electron chi connectivity index (χ0n) is 22.5. The van der Waals surface area contributed by atoms with Crippen LogP contribution in [0.1, 0.15) is 41.1 Å². The van der Waals surface area contributed by atoms with Crippen LogP contribution in [0.25, 0.3) is 11.1 Å². The highest BCUT2D eigenvalue weighted by Gasteiger charge is 2.33. The number of hydrogen-bond donors (Lipinski definition) is 2. The van der Waals surface area contributed by atoms with E-state index in [4.69, 9.17) is 44.3 Å². The number of halogens is 3. The SMILES string of the molecule is O=C(NCc1cccc(-c2cccc([C@@H]3O[C@H](CSc4ccccn4)C[C@H](c4ccc(CO)cc4)O3)c2)c1)C(Cl)(Cl)Cl. The smallest absolute Gasteiger partial charge is 0.272 e. The van der Waals surface area contributed by atoms with Gasteiger partial charge in [-0.15, -0.1) is 11.8 Å². The lowest BCUT2D eigenvalue weighted by Gasteiger charge is -2.36. The Hall–Kier alpha value is -2.62. The third-order valence-electron chi connectivity index (χ3n) is 6.80. The van der Waals surface area contributed by atoms with Crippen molar-refractivity contribution in [3.05, 3.63) is 119 Å². The van der Waals surface area contributed by atoms with E-state index in [1.165, 1.54) is 0 Å². The van der Waals surface area contributed by atoms with Crippen LogP contribution in [-0.4, -0.2) is 31.6 Å². The van der Waals surface area contributed by atoms with E-state index >= 15 is 0 Å². The molecular weight excluding hydrogens is 615 g/mol. The summed E-state index contributed by atoms with van der Waals surface area (Å²) in [6.45, 7) is 0.218. The highest BCUT2D eigenvalue weighted by atomic mass is 35.6. The van der Waals surface area contributed by atoms with Gasteiger partial charge in [-0.3, -0.25) is 4.79 Å². The Morgan fingerprint density at radius 2 is 1.67 bits per heavy atom. The number of alkyl halides is 3. The van der Waals surface area contributed by atoms with Crippen molar-refractivity contribution in [2.45, 2.75) is 46.9 Å². The molecule has 1 aliphatic rings. The Bertz CT molecular complexity index is 1490. The number of amides is 1. The maximum Gasteiger partial charge on any atom is 0.272 e. The van der Waals surface area contributed by atoms with Crippen LogP contribution < -0.4 is 5.32 Å². The Balaban J connectivity index is 1.36. The summed E-state index contributed by atoms with van der Waals surface area (Å²) in [5, 5.41) is 13.1. The Kier molecular flexibility index (Phi) is 10.4.